The van der Waals surface area contributed by atoms with E-state index in [1.54, 1.807) is 18.2 Å². The maximum Gasteiger partial charge on any atom is 0.267 e. The van der Waals surface area contributed by atoms with Gasteiger partial charge in [-0.1, -0.05) is 35.9 Å². The number of benzene rings is 2. The molecular formula is C24H25ClFN3O2. The lowest BCUT2D eigenvalue weighted by Crippen LogP contribution is -2.15. The zero-order valence-corrected chi connectivity index (χ0v) is 18.5. The van der Waals surface area contributed by atoms with Gasteiger partial charge in [0.05, 0.1) is 12.3 Å². The van der Waals surface area contributed by atoms with Crippen LogP contribution in [-0.2, 0) is 0 Å². The molecule has 0 bridgehead atoms. The number of carbonyl (C=O) groups is 1. The summed E-state index contributed by atoms with van der Waals surface area (Å²) in [6, 6.07) is 14.1. The van der Waals surface area contributed by atoms with Crippen LogP contribution < -0.4 is 10.5 Å². The molecule has 0 fully saturated rings. The van der Waals surface area contributed by atoms with E-state index in [2.05, 4.69) is 4.98 Å². The van der Waals surface area contributed by atoms with Crippen molar-refractivity contribution in [1.82, 2.24) is 9.88 Å². The number of amides is 1. The molecule has 0 saturated carbocycles. The van der Waals surface area contributed by atoms with E-state index in [1.165, 1.54) is 6.07 Å². The summed E-state index contributed by atoms with van der Waals surface area (Å²) in [4.78, 5) is 18.2. The standard InChI is InChI=1S/C24H25ClFN3O2/c1-15-7-4-5-8-17(15)18-9-10-20(24(27)30)28-23(18)16-13-19(26)22(25)21(14-16)31-12-6-11-29(2)3/h4-5,7-10,13-14H,6,11-12H2,1-3H3,(H2,27,30). The molecule has 5 nitrogen and oxygen atoms in total. The molecule has 0 aliphatic rings. The third-order valence-corrected chi connectivity index (χ3v) is 5.23. The normalized spacial score (nSPS) is 11.0. The second-order valence-electron chi connectivity index (χ2n) is 7.55. The molecule has 0 radical (unpaired) electrons. The van der Waals surface area contributed by atoms with E-state index in [0.717, 1.165) is 29.7 Å². The molecule has 162 valence electrons. The molecule has 1 amide bonds. The summed E-state index contributed by atoms with van der Waals surface area (Å²) in [5.41, 5.74) is 9.11. The van der Waals surface area contributed by atoms with E-state index in [0.29, 0.717) is 17.9 Å². The lowest BCUT2D eigenvalue weighted by molar-refractivity contribution is 0.0995. The highest BCUT2D eigenvalue weighted by molar-refractivity contribution is 6.32. The number of pyridine rings is 1. The van der Waals surface area contributed by atoms with E-state index in [1.807, 2.05) is 50.2 Å². The number of ether oxygens (including phenoxy) is 1. The molecule has 3 rings (SSSR count). The van der Waals surface area contributed by atoms with E-state index < -0.39 is 11.7 Å². The number of nitrogens with two attached hydrogens (primary N) is 1. The lowest BCUT2D eigenvalue weighted by Gasteiger charge is -2.15. The Labute approximate surface area is 186 Å². The quantitative estimate of drug-likeness (QED) is 0.502. The van der Waals surface area contributed by atoms with Crippen LogP contribution in [0.2, 0.25) is 5.02 Å². The summed E-state index contributed by atoms with van der Waals surface area (Å²) in [7, 11) is 3.94. The number of halogens is 2. The first-order valence-corrected chi connectivity index (χ1v) is 10.3. The number of hydrogen-bond donors (Lipinski definition) is 1. The number of carbonyl (C=O) groups excluding carboxylic acids is 1. The minimum absolute atomic E-state index is 0.0860. The molecule has 0 atom stereocenters. The Balaban J connectivity index is 2.09. The van der Waals surface area contributed by atoms with Gasteiger partial charge in [-0.2, -0.15) is 0 Å². The highest BCUT2D eigenvalue weighted by Crippen LogP contribution is 2.37. The van der Waals surface area contributed by atoms with E-state index in [4.69, 9.17) is 22.1 Å². The van der Waals surface area contributed by atoms with Crippen molar-refractivity contribution in [2.24, 2.45) is 5.73 Å². The van der Waals surface area contributed by atoms with Gasteiger partial charge in [0.1, 0.15) is 22.3 Å². The van der Waals surface area contributed by atoms with Crippen molar-refractivity contribution in [2.45, 2.75) is 13.3 Å². The summed E-state index contributed by atoms with van der Waals surface area (Å²) >= 11 is 6.15. The van der Waals surface area contributed by atoms with Crippen LogP contribution in [0.25, 0.3) is 22.4 Å². The average molecular weight is 442 g/mol. The van der Waals surface area contributed by atoms with E-state index in [-0.39, 0.29) is 16.5 Å². The molecule has 7 heteroatoms. The van der Waals surface area contributed by atoms with Crippen LogP contribution in [0.4, 0.5) is 4.39 Å². The minimum atomic E-state index is -0.660. The van der Waals surface area contributed by atoms with Crippen LogP contribution in [0, 0.1) is 12.7 Å². The highest BCUT2D eigenvalue weighted by atomic mass is 35.5. The molecule has 0 unspecified atom stereocenters. The minimum Gasteiger partial charge on any atom is -0.492 e. The summed E-state index contributed by atoms with van der Waals surface area (Å²) in [5.74, 6) is -1.05. The van der Waals surface area contributed by atoms with Gasteiger partial charge in [0, 0.05) is 17.7 Å². The van der Waals surface area contributed by atoms with Crippen molar-refractivity contribution in [3.8, 4) is 28.1 Å². The summed E-state index contributed by atoms with van der Waals surface area (Å²) < 4.78 is 20.5. The van der Waals surface area contributed by atoms with Gasteiger partial charge in [0.25, 0.3) is 5.91 Å². The van der Waals surface area contributed by atoms with Crippen molar-refractivity contribution in [3.05, 3.63) is 70.6 Å². The van der Waals surface area contributed by atoms with Crippen molar-refractivity contribution in [1.29, 1.82) is 0 Å². The largest absolute Gasteiger partial charge is 0.492 e. The van der Waals surface area contributed by atoms with Crippen molar-refractivity contribution in [3.63, 3.8) is 0 Å². The number of primary amides is 1. The molecule has 0 spiro atoms. The number of nitrogens with zero attached hydrogens (tertiary/aromatic N) is 2. The van der Waals surface area contributed by atoms with Gasteiger partial charge < -0.3 is 15.4 Å². The molecule has 1 heterocycles. The second-order valence-corrected chi connectivity index (χ2v) is 7.93. The van der Waals surface area contributed by atoms with Gasteiger partial charge in [-0.05, 0) is 62.8 Å². The molecule has 0 aliphatic heterocycles. The fraction of sp³-hybridized carbons (Fsp3) is 0.250. The van der Waals surface area contributed by atoms with Crippen molar-refractivity contribution in [2.75, 3.05) is 27.2 Å². The molecule has 1 aromatic heterocycles. The number of aromatic nitrogens is 1. The van der Waals surface area contributed by atoms with E-state index >= 15 is 0 Å². The zero-order chi connectivity index (χ0) is 22.5. The first-order valence-electron chi connectivity index (χ1n) is 9.91. The van der Waals surface area contributed by atoms with Gasteiger partial charge in [-0.25, -0.2) is 9.37 Å². The highest BCUT2D eigenvalue weighted by Gasteiger charge is 2.18. The van der Waals surface area contributed by atoms with Crippen LogP contribution in [0.3, 0.4) is 0 Å². The van der Waals surface area contributed by atoms with Crippen LogP contribution in [0.15, 0.2) is 48.5 Å². The average Bonchev–Trinajstić information content (AvgIpc) is 2.73. The smallest absolute Gasteiger partial charge is 0.267 e. The molecule has 0 aliphatic carbocycles. The third-order valence-electron chi connectivity index (χ3n) is 4.86. The maximum absolute atomic E-state index is 14.7. The van der Waals surface area contributed by atoms with Gasteiger partial charge in [-0.3, -0.25) is 4.79 Å². The monoisotopic (exact) mass is 441 g/mol. The Morgan fingerprint density at radius 3 is 2.58 bits per heavy atom. The number of rotatable bonds is 8. The van der Waals surface area contributed by atoms with Gasteiger partial charge in [-0.15, -0.1) is 0 Å². The molecule has 0 saturated heterocycles. The first-order chi connectivity index (χ1) is 14.8. The van der Waals surface area contributed by atoms with Crippen molar-refractivity contribution < 1.29 is 13.9 Å². The SMILES string of the molecule is Cc1ccccc1-c1ccc(C(N)=O)nc1-c1cc(F)c(Cl)c(OCCCN(C)C)c1. The topological polar surface area (TPSA) is 68.5 Å². The summed E-state index contributed by atoms with van der Waals surface area (Å²) in [5, 5.41) is -0.0860. The van der Waals surface area contributed by atoms with Crippen LogP contribution in [-0.4, -0.2) is 43.0 Å². The molecular weight excluding hydrogens is 417 g/mol. The summed E-state index contributed by atoms with van der Waals surface area (Å²) in [6.45, 7) is 3.20. The number of hydrogen-bond acceptors (Lipinski definition) is 4. The molecule has 2 aromatic carbocycles. The second kappa shape index (κ2) is 9.90. The Morgan fingerprint density at radius 1 is 1.16 bits per heavy atom. The predicted octanol–water partition coefficient (Wildman–Crippen LogP) is 4.95. The number of aryl methyl sites for hydroxylation is 1. The Bertz CT molecular complexity index is 1100. The molecule has 2 N–H and O–H groups in total. The molecule has 3 aromatic rings. The van der Waals surface area contributed by atoms with Crippen LogP contribution >= 0.6 is 11.6 Å². The van der Waals surface area contributed by atoms with Crippen LogP contribution in [0.5, 0.6) is 5.75 Å². The Hall–Kier alpha value is -2.96. The third kappa shape index (κ3) is 5.40. The zero-order valence-electron chi connectivity index (χ0n) is 17.8. The lowest BCUT2D eigenvalue weighted by atomic mass is 9.95. The first kappa shape index (κ1) is 22.7. The van der Waals surface area contributed by atoms with Gasteiger partial charge >= 0.3 is 0 Å². The Kier molecular flexibility index (Phi) is 7.25. The van der Waals surface area contributed by atoms with Crippen molar-refractivity contribution >= 4 is 17.5 Å². The van der Waals surface area contributed by atoms with E-state index in [9.17, 15) is 9.18 Å². The molecule has 31 heavy (non-hydrogen) atoms. The maximum atomic E-state index is 14.7. The van der Waals surface area contributed by atoms with Crippen LogP contribution in [0.1, 0.15) is 22.5 Å². The summed E-state index contributed by atoms with van der Waals surface area (Å²) in [6.07, 6.45) is 0.763. The van der Waals surface area contributed by atoms with Gasteiger partial charge in [0.15, 0.2) is 0 Å². The fourth-order valence-corrected chi connectivity index (χ4v) is 3.44. The van der Waals surface area contributed by atoms with Gasteiger partial charge in [0.2, 0.25) is 0 Å². The Morgan fingerprint density at radius 2 is 1.90 bits per heavy atom. The predicted molar refractivity (Wildman–Crippen MR) is 122 cm³/mol. The fourth-order valence-electron chi connectivity index (χ4n) is 3.28.